The SMILES string of the molecule is C[C@H]1CN(CC(=O)NC(=O)NCC(F)(F)F)C[C@H](C)O1. The molecule has 116 valence electrons. The summed E-state index contributed by atoms with van der Waals surface area (Å²) in [5.74, 6) is -0.647. The third-order valence-electron chi connectivity index (χ3n) is 2.56. The van der Waals surface area contributed by atoms with Crippen LogP contribution in [-0.4, -0.2) is 61.4 Å². The molecule has 0 radical (unpaired) electrons. The standard InChI is InChI=1S/C11H18F3N3O3/c1-7-3-17(4-8(2)20-7)5-9(18)16-10(19)15-6-11(12,13)14/h7-8H,3-6H2,1-2H3,(H2,15,16,18,19)/t7-,8-/m0/s1. The Morgan fingerprint density at radius 2 is 1.80 bits per heavy atom. The van der Waals surface area contributed by atoms with Crippen LogP contribution in [0.2, 0.25) is 0 Å². The average molecular weight is 297 g/mol. The molecule has 1 heterocycles. The average Bonchev–Trinajstić information content (AvgIpc) is 2.23. The Morgan fingerprint density at radius 1 is 1.25 bits per heavy atom. The number of amides is 3. The van der Waals surface area contributed by atoms with Crippen LogP contribution in [0, 0.1) is 0 Å². The molecule has 0 bridgehead atoms. The van der Waals surface area contributed by atoms with Gasteiger partial charge in [0.2, 0.25) is 5.91 Å². The molecule has 1 saturated heterocycles. The summed E-state index contributed by atoms with van der Waals surface area (Å²) >= 11 is 0. The number of hydrogen-bond donors (Lipinski definition) is 2. The lowest BCUT2D eigenvalue weighted by atomic mass is 10.2. The maximum absolute atomic E-state index is 11.9. The fraction of sp³-hybridized carbons (Fsp3) is 0.818. The highest BCUT2D eigenvalue weighted by Crippen LogP contribution is 2.12. The van der Waals surface area contributed by atoms with Gasteiger partial charge < -0.3 is 10.1 Å². The summed E-state index contributed by atoms with van der Waals surface area (Å²) in [7, 11) is 0. The first-order valence-electron chi connectivity index (χ1n) is 6.18. The summed E-state index contributed by atoms with van der Waals surface area (Å²) in [5, 5.41) is 3.43. The van der Waals surface area contributed by atoms with Crippen LogP contribution in [-0.2, 0) is 9.53 Å². The van der Waals surface area contributed by atoms with E-state index < -0.39 is 24.7 Å². The van der Waals surface area contributed by atoms with Gasteiger partial charge in [0.25, 0.3) is 0 Å². The van der Waals surface area contributed by atoms with E-state index in [1.165, 1.54) is 0 Å². The van der Waals surface area contributed by atoms with Crippen molar-refractivity contribution in [1.29, 1.82) is 0 Å². The Balaban J connectivity index is 2.30. The van der Waals surface area contributed by atoms with E-state index >= 15 is 0 Å². The van der Waals surface area contributed by atoms with Crippen LogP contribution in [0.3, 0.4) is 0 Å². The maximum atomic E-state index is 11.9. The van der Waals surface area contributed by atoms with Gasteiger partial charge in [-0.1, -0.05) is 0 Å². The topological polar surface area (TPSA) is 70.7 Å². The lowest BCUT2D eigenvalue weighted by molar-refractivity contribution is -0.127. The predicted molar refractivity (Wildman–Crippen MR) is 64.0 cm³/mol. The second-order valence-corrected chi connectivity index (χ2v) is 4.80. The van der Waals surface area contributed by atoms with E-state index in [1.807, 2.05) is 19.2 Å². The number of carbonyl (C=O) groups is 2. The van der Waals surface area contributed by atoms with Crippen LogP contribution >= 0.6 is 0 Å². The summed E-state index contributed by atoms with van der Waals surface area (Å²) in [6.45, 7) is 3.24. The smallest absolute Gasteiger partial charge is 0.373 e. The van der Waals surface area contributed by atoms with Crippen LogP contribution in [0.1, 0.15) is 13.8 Å². The number of imide groups is 1. The monoisotopic (exact) mass is 297 g/mol. The van der Waals surface area contributed by atoms with Gasteiger partial charge in [-0.15, -0.1) is 0 Å². The van der Waals surface area contributed by atoms with Crippen LogP contribution < -0.4 is 10.6 Å². The number of alkyl halides is 3. The van der Waals surface area contributed by atoms with Gasteiger partial charge in [-0.2, -0.15) is 13.2 Å². The lowest BCUT2D eigenvalue weighted by Gasteiger charge is -2.34. The van der Waals surface area contributed by atoms with E-state index in [9.17, 15) is 22.8 Å². The molecule has 2 N–H and O–H groups in total. The van der Waals surface area contributed by atoms with Gasteiger partial charge in [0.05, 0.1) is 18.8 Å². The molecule has 0 aromatic carbocycles. The molecule has 0 saturated carbocycles. The molecule has 9 heteroatoms. The largest absolute Gasteiger partial charge is 0.405 e. The van der Waals surface area contributed by atoms with Crippen molar-refractivity contribution < 1.29 is 27.5 Å². The molecule has 0 aromatic rings. The third-order valence-corrected chi connectivity index (χ3v) is 2.56. The quantitative estimate of drug-likeness (QED) is 0.795. The van der Waals surface area contributed by atoms with Crippen molar-refractivity contribution in [1.82, 2.24) is 15.5 Å². The molecule has 6 nitrogen and oxygen atoms in total. The van der Waals surface area contributed by atoms with Gasteiger partial charge in [-0.25, -0.2) is 4.79 Å². The highest BCUT2D eigenvalue weighted by molar-refractivity contribution is 5.95. The highest BCUT2D eigenvalue weighted by Gasteiger charge is 2.28. The number of ether oxygens (including phenoxy) is 1. The molecule has 0 spiro atoms. The Morgan fingerprint density at radius 3 is 2.30 bits per heavy atom. The first-order chi connectivity index (χ1) is 9.15. The number of hydrogen-bond acceptors (Lipinski definition) is 4. The summed E-state index contributed by atoms with van der Waals surface area (Å²) in [6, 6.07) is -1.15. The van der Waals surface area contributed by atoms with Crippen LogP contribution in [0.15, 0.2) is 0 Å². The van der Waals surface area contributed by atoms with Crippen molar-refractivity contribution in [2.45, 2.75) is 32.2 Å². The highest BCUT2D eigenvalue weighted by atomic mass is 19.4. The molecular weight excluding hydrogens is 279 g/mol. The Kier molecular flexibility index (Phi) is 5.75. The zero-order valence-electron chi connectivity index (χ0n) is 11.3. The van der Waals surface area contributed by atoms with E-state index in [2.05, 4.69) is 0 Å². The molecule has 0 aliphatic carbocycles. The summed E-state index contributed by atoms with van der Waals surface area (Å²) < 4.78 is 41.1. The number of morpholine rings is 1. The molecule has 1 rings (SSSR count). The van der Waals surface area contributed by atoms with Gasteiger partial charge in [0.1, 0.15) is 6.54 Å². The van der Waals surface area contributed by atoms with E-state index in [0.29, 0.717) is 13.1 Å². The van der Waals surface area contributed by atoms with E-state index in [0.717, 1.165) is 0 Å². The van der Waals surface area contributed by atoms with Gasteiger partial charge in [0.15, 0.2) is 0 Å². The van der Waals surface area contributed by atoms with E-state index in [-0.39, 0.29) is 18.8 Å². The fourth-order valence-corrected chi connectivity index (χ4v) is 2.01. The minimum Gasteiger partial charge on any atom is -0.373 e. The Labute approximate surface area is 114 Å². The van der Waals surface area contributed by atoms with Crippen LogP contribution in [0.25, 0.3) is 0 Å². The molecule has 20 heavy (non-hydrogen) atoms. The molecular formula is C11H18F3N3O3. The number of urea groups is 1. The minimum absolute atomic E-state index is 0.0365. The Hall–Kier alpha value is -1.35. The number of nitrogens with zero attached hydrogens (tertiary/aromatic N) is 1. The van der Waals surface area contributed by atoms with Crippen molar-refractivity contribution in [2.75, 3.05) is 26.2 Å². The van der Waals surface area contributed by atoms with Crippen LogP contribution in [0.5, 0.6) is 0 Å². The second-order valence-electron chi connectivity index (χ2n) is 4.80. The van der Waals surface area contributed by atoms with Crippen molar-refractivity contribution in [2.24, 2.45) is 0 Å². The first kappa shape index (κ1) is 16.7. The van der Waals surface area contributed by atoms with E-state index in [4.69, 9.17) is 4.74 Å². The minimum atomic E-state index is -4.50. The summed E-state index contributed by atoms with van der Waals surface area (Å²) in [5.41, 5.74) is 0. The molecule has 1 aliphatic rings. The van der Waals surface area contributed by atoms with E-state index in [1.54, 1.807) is 10.2 Å². The molecule has 0 aromatic heterocycles. The maximum Gasteiger partial charge on any atom is 0.405 e. The van der Waals surface area contributed by atoms with Crippen molar-refractivity contribution in [3.8, 4) is 0 Å². The first-order valence-corrected chi connectivity index (χ1v) is 6.18. The molecule has 2 atom stereocenters. The second kappa shape index (κ2) is 6.89. The zero-order chi connectivity index (χ0) is 15.3. The molecule has 3 amide bonds. The molecule has 1 aliphatic heterocycles. The fourth-order valence-electron chi connectivity index (χ4n) is 2.01. The van der Waals surface area contributed by atoms with Gasteiger partial charge >= 0.3 is 12.2 Å². The normalized spacial score (nSPS) is 24.2. The number of rotatable bonds is 3. The van der Waals surface area contributed by atoms with Gasteiger partial charge in [-0.3, -0.25) is 15.0 Å². The van der Waals surface area contributed by atoms with Crippen molar-refractivity contribution in [3.05, 3.63) is 0 Å². The number of halogens is 3. The lowest BCUT2D eigenvalue weighted by Crippen LogP contribution is -2.51. The molecule has 0 unspecified atom stereocenters. The summed E-state index contributed by atoms with van der Waals surface area (Å²) in [6.07, 6.45) is -4.58. The van der Waals surface area contributed by atoms with Crippen molar-refractivity contribution in [3.63, 3.8) is 0 Å². The van der Waals surface area contributed by atoms with Crippen LogP contribution in [0.4, 0.5) is 18.0 Å². The van der Waals surface area contributed by atoms with Crippen molar-refractivity contribution >= 4 is 11.9 Å². The zero-order valence-corrected chi connectivity index (χ0v) is 11.3. The van der Waals surface area contributed by atoms with Gasteiger partial charge in [-0.05, 0) is 13.8 Å². The molecule has 1 fully saturated rings. The third kappa shape index (κ3) is 6.71. The summed E-state index contributed by atoms with van der Waals surface area (Å²) in [4.78, 5) is 24.4. The Bertz CT molecular complexity index is 353. The predicted octanol–water partition coefficient (Wildman–Crippen LogP) is 0.484. The number of nitrogens with one attached hydrogen (secondary N) is 2. The number of carbonyl (C=O) groups excluding carboxylic acids is 2. The van der Waals surface area contributed by atoms with Gasteiger partial charge in [0, 0.05) is 13.1 Å².